The first-order valence-corrected chi connectivity index (χ1v) is 8.89. The van der Waals surface area contributed by atoms with Gasteiger partial charge in [-0.15, -0.1) is 0 Å². The zero-order valence-corrected chi connectivity index (χ0v) is 13.5. The maximum absolute atomic E-state index is 12.8. The molecule has 2 aromatic rings. The minimum Gasteiger partial charge on any atom is -0.369 e. The van der Waals surface area contributed by atoms with E-state index in [0.29, 0.717) is 18.0 Å². The highest BCUT2D eigenvalue weighted by atomic mass is 32.2. The summed E-state index contributed by atoms with van der Waals surface area (Å²) in [6, 6.07) is 17.3. The van der Waals surface area contributed by atoms with Crippen LogP contribution in [0.15, 0.2) is 59.5 Å². The molecular weight excluding hydrogens is 296 g/mol. The van der Waals surface area contributed by atoms with Crippen molar-refractivity contribution in [2.75, 3.05) is 31.1 Å². The maximum Gasteiger partial charge on any atom is 0.243 e. The molecule has 3 rings (SSSR count). The van der Waals surface area contributed by atoms with Crippen molar-refractivity contribution in [3.63, 3.8) is 0 Å². The van der Waals surface area contributed by atoms with Crippen LogP contribution in [0.3, 0.4) is 0 Å². The van der Waals surface area contributed by atoms with E-state index in [1.165, 1.54) is 0 Å². The molecule has 4 nitrogen and oxygen atoms in total. The summed E-state index contributed by atoms with van der Waals surface area (Å²) in [5.74, 6) is 0. The third-order valence-corrected chi connectivity index (χ3v) is 6.13. The first kappa shape index (κ1) is 15.1. The fourth-order valence-electron chi connectivity index (χ4n) is 2.81. The van der Waals surface area contributed by atoms with E-state index < -0.39 is 10.0 Å². The quantitative estimate of drug-likeness (QED) is 0.873. The van der Waals surface area contributed by atoms with Crippen LogP contribution in [0.4, 0.5) is 5.69 Å². The number of anilines is 1. The molecule has 2 aromatic carbocycles. The van der Waals surface area contributed by atoms with E-state index in [4.69, 9.17) is 0 Å². The van der Waals surface area contributed by atoms with E-state index in [1.807, 2.05) is 37.3 Å². The summed E-state index contributed by atoms with van der Waals surface area (Å²) in [7, 11) is -3.39. The third kappa shape index (κ3) is 2.87. The monoisotopic (exact) mass is 316 g/mol. The zero-order valence-electron chi connectivity index (χ0n) is 12.6. The topological polar surface area (TPSA) is 40.6 Å². The number of aryl methyl sites for hydroxylation is 1. The van der Waals surface area contributed by atoms with Crippen LogP contribution in [0.25, 0.3) is 0 Å². The second-order valence-corrected chi connectivity index (χ2v) is 7.40. The lowest BCUT2D eigenvalue weighted by molar-refractivity contribution is 0.384. The predicted molar refractivity (Wildman–Crippen MR) is 88.6 cm³/mol. The fourth-order valence-corrected chi connectivity index (χ4v) is 4.46. The van der Waals surface area contributed by atoms with Gasteiger partial charge in [-0.1, -0.05) is 36.4 Å². The lowest BCUT2D eigenvalue weighted by Crippen LogP contribution is -2.48. The Labute approximate surface area is 132 Å². The van der Waals surface area contributed by atoms with Gasteiger partial charge in [0, 0.05) is 31.9 Å². The van der Waals surface area contributed by atoms with Gasteiger partial charge in [-0.05, 0) is 30.7 Å². The molecule has 0 aromatic heterocycles. The number of hydrogen-bond acceptors (Lipinski definition) is 3. The second kappa shape index (κ2) is 6.10. The van der Waals surface area contributed by atoms with Crippen LogP contribution in [-0.4, -0.2) is 38.9 Å². The SMILES string of the molecule is Cc1ccccc1S(=O)(=O)N1CCN(c2ccccc2)CC1. The van der Waals surface area contributed by atoms with E-state index in [0.717, 1.165) is 24.3 Å². The number of sulfonamides is 1. The van der Waals surface area contributed by atoms with Crippen molar-refractivity contribution in [3.05, 3.63) is 60.2 Å². The van der Waals surface area contributed by atoms with Gasteiger partial charge in [0.2, 0.25) is 10.0 Å². The minimum atomic E-state index is -3.39. The Bertz CT molecular complexity index is 736. The number of benzene rings is 2. The Morgan fingerprint density at radius 1 is 0.818 bits per heavy atom. The molecule has 0 saturated carbocycles. The van der Waals surface area contributed by atoms with Crippen molar-refractivity contribution in [1.29, 1.82) is 0 Å². The highest BCUT2D eigenvalue weighted by Gasteiger charge is 2.29. The van der Waals surface area contributed by atoms with Crippen molar-refractivity contribution in [1.82, 2.24) is 4.31 Å². The van der Waals surface area contributed by atoms with Gasteiger partial charge in [0.1, 0.15) is 0 Å². The molecule has 1 saturated heterocycles. The molecule has 22 heavy (non-hydrogen) atoms. The molecule has 0 aliphatic carbocycles. The van der Waals surface area contributed by atoms with Crippen LogP contribution in [0, 0.1) is 6.92 Å². The molecule has 0 amide bonds. The zero-order chi connectivity index (χ0) is 15.6. The molecule has 0 N–H and O–H groups in total. The molecule has 0 bridgehead atoms. The Hall–Kier alpha value is -1.85. The summed E-state index contributed by atoms with van der Waals surface area (Å²) in [5, 5.41) is 0. The van der Waals surface area contributed by atoms with Gasteiger partial charge in [0.25, 0.3) is 0 Å². The normalized spacial score (nSPS) is 16.7. The Morgan fingerprint density at radius 3 is 2.05 bits per heavy atom. The molecule has 1 heterocycles. The van der Waals surface area contributed by atoms with E-state index >= 15 is 0 Å². The standard InChI is InChI=1S/C17H20N2O2S/c1-15-7-5-6-10-17(15)22(20,21)19-13-11-18(12-14-19)16-8-3-2-4-9-16/h2-10H,11-14H2,1H3. The molecule has 0 spiro atoms. The lowest BCUT2D eigenvalue weighted by atomic mass is 10.2. The molecule has 116 valence electrons. The Morgan fingerprint density at radius 2 is 1.41 bits per heavy atom. The summed E-state index contributed by atoms with van der Waals surface area (Å²) >= 11 is 0. The molecule has 1 aliphatic heterocycles. The van der Waals surface area contributed by atoms with Gasteiger partial charge in [0.15, 0.2) is 0 Å². The number of rotatable bonds is 3. The summed E-state index contributed by atoms with van der Waals surface area (Å²) in [5.41, 5.74) is 1.95. The molecule has 0 atom stereocenters. The van der Waals surface area contributed by atoms with E-state index in [-0.39, 0.29) is 0 Å². The van der Waals surface area contributed by atoms with Gasteiger partial charge in [-0.3, -0.25) is 0 Å². The van der Waals surface area contributed by atoms with Gasteiger partial charge in [-0.2, -0.15) is 4.31 Å². The van der Waals surface area contributed by atoms with Crippen LogP contribution in [-0.2, 0) is 10.0 Å². The number of nitrogens with zero attached hydrogens (tertiary/aromatic N) is 2. The largest absolute Gasteiger partial charge is 0.369 e. The summed E-state index contributed by atoms with van der Waals surface area (Å²) in [4.78, 5) is 2.65. The Balaban J connectivity index is 1.75. The average molecular weight is 316 g/mol. The van der Waals surface area contributed by atoms with Crippen LogP contribution in [0.5, 0.6) is 0 Å². The molecule has 0 radical (unpaired) electrons. The average Bonchev–Trinajstić information content (AvgIpc) is 2.56. The maximum atomic E-state index is 12.8. The summed E-state index contributed by atoms with van der Waals surface area (Å²) in [6.07, 6.45) is 0. The number of piperazine rings is 1. The van der Waals surface area contributed by atoms with E-state index in [2.05, 4.69) is 17.0 Å². The first-order chi connectivity index (χ1) is 10.6. The third-order valence-electron chi connectivity index (χ3n) is 4.07. The highest BCUT2D eigenvalue weighted by molar-refractivity contribution is 7.89. The van der Waals surface area contributed by atoms with E-state index in [1.54, 1.807) is 16.4 Å². The van der Waals surface area contributed by atoms with E-state index in [9.17, 15) is 8.42 Å². The van der Waals surface area contributed by atoms with Crippen LogP contribution in [0.1, 0.15) is 5.56 Å². The first-order valence-electron chi connectivity index (χ1n) is 7.45. The van der Waals surface area contributed by atoms with Crippen LogP contribution >= 0.6 is 0 Å². The lowest BCUT2D eigenvalue weighted by Gasteiger charge is -2.35. The van der Waals surface area contributed by atoms with Gasteiger partial charge in [-0.25, -0.2) is 8.42 Å². The molecule has 0 unspecified atom stereocenters. The molecule has 1 aliphatic rings. The molecule has 1 fully saturated rings. The van der Waals surface area contributed by atoms with Gasteiger partial charge in [0.05, 0.1) is 4.90 Å². The predicted octanol–water partition coefficient (Wildman–Crippen LogP) is 2.51. The van der Waals surface area contributed by atoms with Crippen molar-refractivity contribution in [3.8, 4) is 0 Å². The van der Waals surface area contributed by atoms with Crippen LogP contribution < -0.4 is 4.90 Å². The smallest absolute Gasteiger partial charge is 0.243 e. The second-order valence-electron chi connectivity index (χ2n) is 5.49. The van der Waals surface area contributed by atoms with Crippen molar-refractivity contribution < 1.29 is 8.42 Å². The van der Waals surface area contributed by atoms with Crippen molar-refractivity contribution >= 4 is 15.7 Å². The number of para-hydroxylation sites is 1. The Kier molecular flexibility index (Phi) is 4.18. The fraction of sp³-hybridized carbons (Fsp3) is 0.294. The molecular formula is C17H20N2O2S. The van der Waals surface area contributed by atoms with Crippen LogP contribution in [0.2, 0.25) is 0 Å². The molecule has 5 heteroatoms. The summed E-state index contributed by atoms with van der Waals surface area (Å²) < 4.78 is 27.1. The highest BCUT2D eigenvalue weighted by Crippen LogP contribution is 2.22. The van der Waals surface area contributed by atoms with Gasteiger partial charge >= 0.3 is 0 Å². The minimum absolute atomic E-state index is 0.420. The van der Waals surface area contributed by atoms with Crippen molar-refractivity contribution in [2.24, 2.45) is 0 Å². The number of hydrogen-bond donors (Lipinski definition) is 0. The summed E-state index contributed by atoms with van der Waals surface area (Å²) in [6.45, 7) is 4.31. The van der Waals surface area contributed by atoms with Gasteiger partial charge < -0.3 is 4.90 Å². The van der Waals surface area contributed by atoms with Crippen molar-refractivity contribution in [2.45, 2.75) is 11.8 Å².